The summed E-state index contributed by atoms with van der Waals surface area (Å²) in [5, 5.41) is 4.01. The number of hydrogen-bond donors (Lipinski definition) is 1. The lowest BCUT2D eigenvalue weighted by atomic mass is 9.94. The predicted octanol–water partition coefficient (Wildman–Crippen LogP) is 2.88. The van der Waals surface area contributed by atoms with Gasteiger partial charge < -0.3 is 10.3 Å². The van der Waals surface area contributed by atoms with Crippen molar-refractivity contribution in [3.63, 3.8) is 0 Å². The fraction of sp³-hybridized carbons (Fsp3) is 0.846. The van der Waals surface area contributed by atoms with E-state index in [1.807, 2.05) is 11.8 Å². The van der Waals surface area contributed by atoms with E-state index in [0.717, 1.165) is 36.1 Å². The predicted molar refractivity (Wildman–Crippen MR) is 76.5 cm³/mol. The molecule has 0 aliphatic carbocycles. The third kappa shape index (κ3) is 5.87. The fourth-order valence-electron chi connectivity index (χ4n) is 1.92. The Morgan fingerprint density at radius 3 is 2.78 bits per heavy atom. The van der Waals surface area contributed by atoms with E-state index in [4.69, 9.17) is 10.3 Å². The van der Waals surface area contributed by atoms with Crippen LogP contribution in [0.5, 0.6) is 0 Å². The number of aromatic nitrogens is 2. The molecule has 0 saturated heterocycles. The fourth-order valence-corrected chi connectivity index (χ4v) is 2.65. The van der Waals surface area contributed by atoms with Gasteiger partial charge in [0.1, 0.15) is 0 Å². The topological polar surface area (TPSA) is 64.9 Å². The standard InChI is InChI=1S/C13H25N3OS/c1-4-5-18-9-12-15-13(17-16-12)7-11(8-14)6-10(2)3/h10-11H,4-9,14H2,1-3H3. The molecule has 1 unspecified atom stereocenters. The normalized spacial score (nSPS) is 13.2. The van der Waals surface area contributed by atoms with Gasteiger partial charge in [0.25, 0.3) is 0 Å². The minimum Gasteiger partial charge on any atom is -0.339 e. The third-order valence-corrected chi connectivity index (χ3v) is 3.85. The molecule has 0 bridgehead atoms. The highest BCUT2D eigenvalue weighted by Gasteiger charge is 2.14. The van der Waals surface area contributed by atoms with Crippen LogP contribution < -0.4 is 5.73 Å². The molecule has 2 N–H and O–H groups in total. The summed E-state index contributed by atoms with van der Waals surface area (Å²) in [6.45, 7) is 7.28. The lowest BCUT2D eigenvalue weighted by molar-refractivity contribution is 0.330. The number of thioether (sulfide) groups is 1. The molecule has 1 atom stereocenters. The molecule has 0 aliphatic rings. The van der Waals surface area contributed by atoms with Crippen LogP contribution in [0.15, 0.2) is 4.52 Å². The van der Waals surface area contributed by atoms with Crippen LogP contribution in [0.4, 0.5) is 0 Å². The van der Waals surface area contributed by atoms with Gasteiger partial charge in [0.15, 0.2) is 5.82 Å². The Morgan fingerprint density at radius 2 is 2.17 bits per heavy atom. The second-order valence-corrected chi connectivity index (χ2v) is 6.20. The molecular formula is C13H25N3OS. The molecule has 1 aromatic rings. The number of hydrogen-bond acceptors (Lipinski definition) is 5. The smallest absolute Gasteiger partial charge is 0.226 e. The van der Waals surface area contributed by atoms with Gasteiger partial charge in [0, 0.05) is 6.42 Å². The molecule has 1 aromatic heterocycles. The highest BCUT2D eigenvalue weighted by Crippen LogP contribution is 2.16. The van der Waals surface area contributed by atoms with Crippen molar-refractivity contribution in [2.75, 3.05) is 12.3 Å². The zero-order valence-electron chi connectivity index (χ0n) is 11.7. The molecule has 0 aliphatic heterocycles. The molecule has 0 amide bonds. The van der Waals surface area contributed by atoms with E-state index in [9.17, 15) is 0 Å². The Morgan fingerprint density at radius 1 is 1.39 bits per heavy atom. The molecule has 4 nitrogen and oxygen atoms in total. The van der Waals surface area contributed by atoms with Gasteiger partial charge >= 0.3 is 0 Å². The SMILES string of the molecule is CCCSCc1noc(CC(CN)CC(C)C)n1. The Bertz CT molecular complexity index is 328. The quantitative estimate of drug-likeness (QED) is 0.700. The summed E-state index contributed by atoms with van der Waals surface area (Å²) in [6, 6.07) is 0. The summed E-state index contributed by atoms with van der Waals surface area (Å²) in [4.78, 5) is 4.42. The monoisotopic (exact) mass is 271 g/mol. The van der Waals surface area contributed by atoms with Crippen molar-refractivity contribution in [1.29, 1.82) is 0 Å². The van der Waals surface area contributed by atoms with Crippen molar-refractivity contribution in [2.45, 2.75) is 45.8 Å². The van der Waals surface area contributed by atoms with Crippen LogP contribution >= 0.6 is 11.8 Å². The average molecular weight is 271 g/mol. The van der Waals surface area contributed by atoms with Crippen LogP contribution in [0.2, 0.25) is 0 Å². The summed E-state index contributed by atoms with van der Waals surface area (Å²) in [6.07, 6.45) is 3.10. The first-order chi connectivity index (χ1) is 8.65. The Hall–Kier alpha value is -0.550. The Balaban J connectivity index is 2.41. The third-order valence-electron chi connectivity index (χ3n) is 2.69. The second-order valence-electron chi connectivity index (χ2n) is 5.09. The Labute approximate surface area is 114 Å². The molecule has 0 saturated carbocycles. The van der Waals surface area contributed by atoms with Gasteiger partial charge in [0.2, 0.25) is 5.89 Å². The minimum absolute atomic E-state index is 0.446. The lowest BCUT2D eigenvalue weighted by Crippen LogP contribution is -2.19. The summed E-state index contributed by atoms with van der Waals surface area (Å²) in [7, 11) is 0. The van der Waals surface area contributed by atoms with Crippen LogP contribution in [-0.2, 0) is 12.2 Å². The zero-order valence-corrected chi connectivity index (χ0v) is 12.5. The van der Waals surface area contributed by atoms with Gasteiger partial charge in [-0.1, -0.05) is 25.9 Å². The van der Waals surface area contributed by atoms with Crippen molar-refractivity contribution in [1.82, 2.24) is 10.1 Å². The van der Waals surface area contributed by atoms with E-state index in [0.29, 0.717) is 18.4 Å². The second kappa shape index (κ2) is 8.53. The van der Waals surface area contributed by atoms with Gasteiger partial charge in [-0.25, -0.2) is 0 Å². The van der Waals surface area contributed by atoms with E-state index in [-0.39, 0.29) is 0 Å². The first-order valence-corrected chi connectivity index (χ1v) is 7.90. The van der Waals surface area contributed by atoms with E-state index >= 15 is 0 Å². The van der Waals surface area contributed by atoms with Crippen LogP contribution in [-0.4, -0.2) is 22.4 Å². The number of rotatable bonds is 9. The summed E-state index contributed by atoms with van der Waals surface area (Å²) < 4.78 is 5.28. The molecule has 0 fully saturated rings. The van der Waals surface area contributed by atoms with Crippen LogP contribution in [0, 0.1) is 11.8 Å². The number of nitrogens with zero attached hydrogens (tertiary/aromatic N) is 2. The van der Waals surface area contributed by atoms with Crippen molar-refractivity contribution in [3.05, 3.63) is 11.7 Å². The summed E-state index contributed by atoms with van der Waals surface area (Å²) in [5.74, 6) is 4.63. The van der Waals surface area contributed by atoms with Crippen LogP contribution in [0.3, 0.4) is 0 Å². The van der Waals surface area contributed by atoms with Crippen molar-refractivity contribution in [3.8, 4) is 0 Å². The van der Waals surface area contributed by atoms with E-state index in [1.165, 1.54) is 6.42 Å². The van der Waals surface area contributed by atoms with Gasteiger partial charge in [-0.15, -0.1) is 0 Å². The first-order valence-electron chi connectivity index (χ1n) is 6.75. The van der Waals surface area contributed by atoms with Gasteiger partial charge in [-0.3, -0.25) is 0 Å². The van der Waals surface area contributed by atoms with E-state index < -0.39 is 0 Å². The zero-order chi connectivity index (χ0) is 13.4. The molecule has 0 aromatic carbocycles. The van der Waals surface area contributed by atoms with Gasteiger partial charge in [0.05, 0.1) is 5.75 Å². The minimum atomic E-state index is 0.446. The van der Waals surface area contributed by atoms with Gasteiger partial charge in [-0.2, -0.15) is 16.7 Å². The largest absolute Gasteiger partial charge is 0.339 e. The molecule has 0 radical (unpaired) electrons. The first kappa shape index (κ1) is 15.5. The highest BCUT2D eigenvalue weighted by atomic mass is 32.2. The maximum atomic E-state index is 5.78. The Kier molecular flexibility index (Phi) is 7.35. The maximum absolute atomic E-state index is 5.78. The summed E-state index contributed by atoms with van der Waals surface area (Å²) >= 11 is 1.85. The molecule has 104 valence electrons. The maximum Gasteiger partial charge on any atom is 0.226 e. The molecule has 5 heteroatoms. The average Bonchev–Trinajstić information content (AvgIpc) is 2.76. The molecule has 0 spiro atoms. The van der Waals surface area contributed by atoms with E-state index in [1.54, 1.807) is 0 Å². The molecular weight excluding hydrogens is 246 g/mol. The molecule has 18 heavy (non-hydrogen) atoms. The highest BCUT2D eigenvalue weighted by molar-refractivity contribution is 7.98. The van der Waals surface area contributed by atoms with Crippen molar-refractivity contribution < 1.29 is 4.52 Å². The van der Waals surface area contributed by atoms with Crippen molar-refractivity contribution in [2.24, 2.45) is 17.6 Å². The number of nitrogens with two attached hydrogens (primary N) is 1. The molecule has 1 rings (SSSR count). The van der Waals surface area contributed by atoms with Crippen LogP contribution in [0.1, 0.15) is 45.3 Å². The summed E-state index contributed by atoms with van der Waals surface area (Å²) in [5.41, 5.74) is 5.78. The lowest BCUT2D eigenvalue weighted by Gasteiger charge is -2.14. The molecule has 1 heterocycles. The van der Waals surface area contributed by atoms with Crippen molar-refractivity contribution >= 4 is 11.8 Å². The van der Waals surface area contributed by atoms with Gasteiger partial charge in [-0.05, 0) is 37.0 Å². The van der Waals surface area contributed by atoms with Crippen LogP contribution in [0.25, 0.3) is 0 Å². The van der Waals surface area contributed by atoms with E-state index in [2.05, 4.69) is 30.9 Å².